The van der Waals surface area contributed by atoms with E-state index >= 15 is 0 Å². The van der Waals surface area contributed by atoms with Crippen LogP contribution in [0.15, 0.2) is 36.5 Å². The number of fused-ring (bicyclic) bond motifs is 1. The van der Waals surface area contributed by atoms with E-state index in [-0.39, 0.29) is 5.92 Å². The molecule has 0 fully saturated rings. The van der Waals surface area contributed by atoms with Crippen LogP contribution in [0.2, 0.25) is 0 Å². The predicted molar refractivity (Wildman–Crippen MR) is 77.8 cm³/mol. The highest BCUT2D eigenvalue weighted by Gasteiger charge is 2.27. The highest BCUT2D eigenvalue weighted by atomic mass is 16.5. The lowest BCUT2D eigenvalue weighted by Crippen LogP contribution is -2.23. The van der Waals surface area contributed by atoms with Crippen molar-refractivity contribution in [1.29, 1.82) is 0 Å². The second-order valence-electron chi connectivity index (χ2n) is 5.34. The average molecular weight is 269 g/mol. The monoisotopic (exact) mass is 269 g/mol. The first kappa shape index (κ1) is 13.1. The Balaban J connectivity index is 1.83. The molecule has 0 radical (unpaired) electrons. The van der Waals surface area contributed by atoms with Gasteiger partial charge in [-0.1, -0.05) is 32.0 Å². The third kappa shape index (κ3) is 2.65. The first-order chi connectivity index (χ1) is 9.74. The lowest BCUT2D eigenvalue weighted by molar-refractivity contribution is 0.339. The van der Waals surface area contributed by atoms with E-state index in [0.717, 1.165) is 23.8 Å². The number of aromatic nitrogens is 2. The van der Waals surface area contributed by atoms with Crippen molar-refractivity contribution in [1.82, 2.24) is 15.3 Å². The smallest absolute Gasteiger partial charge is 0.139 e. The van der Waals surface area contributed by atoms with Crippen molar-refractivity contribution >= 4 is 0 Å². The maximum absolute atomic E-state index is 5.71. The molecule has 2 heterocycles. The van der Waals surface area contributed by atoms with Gasteiger partial charge in [-0.25, -0.2) is 9.97 Å². The lowest BCUT2D eigenvalue weighted by Gasteiger charge is -2.11. The molecular weight excluding hydrogens is 250 g/mol. The van der Waals surface area contributed by atoms with Gasteiger partial charge in [-0.05, 0) is 12.1 Å². The zero-order valence-corrected chi connectivity index (χ0v) is 11.8. The van der Waals surface area contributed by atoms with Crippen molar-refractivity contribution in [2.45, 2.75) is 32.4 Å². The van der Waals surface area contributed by atoms with Crippen LogP contribution in [-0.2, 0) is 6.54 Å². The van der Waals surface area contributed by atoms with Crippen molar-refractivity contribution < 1.29 is 4.74 Å². The molecule has 1 aromatic carbocycles. The number of hydrogen-bond donors (Lipinski definition) is 1. The SMILES string of the molecule is CC(C)NCc1ccnc(C2COc3ccccc32)n1. The minimum absolute atomic E-state index is 0.144. The molecule has 1 N–H and O–H groups in total. The fourth-order valence-electron chi connectivity index (χ4n) is 2.36. The Labute approximate surface area is 119 Å². The fraction of sp³-hybridized carbons (Fsp3) is 0.375. The molecule has 0 saturated heterocycles. The maximum Gasteiger partial charge on any atom is 0.139 e. The summed E-state index contributed by atoms with van der Waals surface area (Å²) in [7, 11) is 0. The summed E-state index contributed by atoms with van der Waals surface area (Å²) in [5.74, 6) is 1.94. The van der Waals surface area contributed by atoms with Gasteiger partial charge in [-0.2, -0.15) is 0 Å². The summed E-state index contributed by atoms with van der Waals surface area (Å²) in [6.07, 6.45) is 1.83. The van der Waals surface area contributed by atoms with Gasteiger partial charge in [0.1, 0.15) is 18.2 Å². The summed E-state index contributed by atoms with van der Waals surface area (Å²) in [4.78, 5) is 9.10. The van der Waals surface area contributed by atoms with E-state index in [2.05, 4.69) is 35.2 Å². The first-order valence-electron chi connectivity index (χ1n) is 7.01. The van der Waals surface area contributed by atoms with E-state index in [4.69, 9.17) is 4.74 Å². The summed E-state index contributed by atoms with van der Waals surface area (Å²) in [6, 6.07) is 10.5. The molecule has 0 saturated carbocycles. The van der Waals surface area contributed by atoms with Gasteiger partial charge in [-0.3, -0.25) is 0 Å². The molecule has 0 bridgehead atoms. The Kier molecular flexibility index (Phi) is 3.65. The van der Waals surface area contributed by atoms with E-state index in [0.29, 0.717) is 12.6 Å². The number of para-hydroxylation sites is 1. The molecule has 2 aromatic rings. The Bertz CT molecular complexity index is 598. The molecule has 0 spiro atoms. The number of hydrogen-bond acceptors (Lipinski definition) is 4. The summed E-state index contributed by atoms with van der Waals surface area (Å²) in [6.45, 7) is 5.65. The Morgan fingerprint density at radius 1 is 1.30 bits per heavy atom. The third-order valence-corrected chi connectivity index (χ3v) is 3.43. The number of nitrogens with zero attached hydrogens (tertiary/aromatic N) is 2. The van der Waals surface area contributed by atoms with E-state index in [1.807, 2.05) is 30.5 Å². The zero-order valence-electron chi connectivity index (χ0n) is 11.8. The van der Waals surface area contributed by atoms with E-state index in [9.17, 15) is 0 Å². The summed E-state index contributed by atoms with van der Waals surface area (Å²) in [5, 5.41) is 3.38. The van der Waals surface area contributed by atoms with Gasteiger partial charge in [0.15, 0.2) is 0 Å². The molecule has 4 heteroatoms. The fourth-order valence-corrected chi connectivity index (χ4v) is 2.36. The van der Waals surface area contributed by atoms with Crippen molar-refractivity contribution in [2.75, 3.05) is 6.61 Å². The molecule has 1 unspecified atom stereocenters. The molecule has 3 rings (SSSR count). The van der Waals surface area contributed by atoms with Gasteiger partial charge in [0.05, 0.1) is 11.6 Å². The highest BCUT2D eigenvalue weighted by Crippen LogP contribution is 2.36. The molecule has 1 aromatic heterocycles. The Hall–Kier alpha value is -1.94. The van der Waals surface area contributed by atoms with Crippen LogP contribution < -0.4 is 10.1 Å². The minimum Gasteiger partial charge on any atom is -0.492 e. The number of nitrogens with one attached hydrogen (secondary N) is 1. The Morgan fingerprint density at radius 2 is 2.15 bits per heavy atom. The Morgan fingerprint density at radius 3 is 3.00 bits per heavy atom. The van der Waals surface area contributed by atoms with Crippen LogP contribution in [0.3, 0.4) is 0 Å². The van der Waals surface area contributed by atoms with Gasteiger partial charge in [0.25, 0.3) is 0 Å². The normalized spacial score (nSPS) is 17.1. The van der Waals surface area contributed by atoms with Gasteiger partial charge in [-0.15, -0.1) is 0 Å². The number of rotatable bonds is 4. The number of benzene rings is 1. The average Bonchev–Trinajstić information content (AvgIpc) is 2.89. The quantitative estimate of drug-likeness (QED) is 0.926. The zero-order chi connectivity index (χ0) is 13.9. The van der Waals surface area contributed by atoms with Crippen molar-refractivity contribution in [3.8, 4) is 5.75 Å². The van der Waals surface area contributed by atoms with Crippen LogP contribution in [0.1, 0.15) is 36.8 Å². The molecule has 4 nitrogen and oxygen atoms in total. The molecule has 1 atom stereocenters. The van der Waals surface area contributed by atoms with Gasteiger partial charge < -0.3 is 10.1 Å². The summed E-state index contributed by atoms with van der Waals surface area (Å²) < 4.78 is 5.71. The second-order valence-corrected chi connectivity index (χ2v) is 5.34. The van der Waals surface area contributed by atoms with Gasteiger partial charge in [0, 0.05) is 24.3 Å². The molecular formula is C16H19N3O. The lowest BCUT2D eigenvalue weighted by atomic mass is 10.0. The van der Waals surface area contributed by atoms with Gasteiger partial charge in [0.2, 0.25) is 0 Å². The minimum atomic E-state index is 0.144. The standard InChI is InChI=1S/C16H19N3O/c1-11(2)18-9-12-7-8-17-16(19-12)14-10-20-15-6-4-3-5-13(14)15/h3-8,11,14,18H,9-10H2,1-2H3. The van der Waals surface area contributed by atoms with Crippen LogP contribution in [0.25, 0.3) is 0 Å². The topological polar surface area (TPSA) is 47.0 Å². The van der Waals surface area contributed by atoms with Crippen LogP contribution in [0.4, 0.5) is 0 Å². The van der Waals surface area contributed by atoms with Crippen molar-refractivity contribution in [3.05, 3.63) is 53.6 Å². The molecule has 104 valence electrons. The van der Waals surface area contributed by atoms with Crippen molar-refractivity contribution in [3.63, 3.8) is 0 Å². The predicted octanol–water partition coefficient (Wildman–Crippen LogP) is 2.50. The van der Waals surface area contributed by atoms with Crippen LogP contribution in [-0.4, -0.2) is 22.6 Å². The van der Waals surface area contributed by atoms with Crippen LogP contribution in [0.5, 0.6) is 5.75 Å². The summed E-state index contributed by atoms with van der Waals surface area (Å²) >= 11 is 0. The first-order valence-corrected chi connectivity index (χ1v) is 7.01. The van der Waals surface area contributed by atoms with Gasteiger partial charge >= 0.3 is 0 Å². The maximum atomic E-state index is 5.71. The van der Waals surface area contributed by atoms with Crippen LogP contribution in [0, 0.1) is 0 Å². The van der Waals surface area contributed by atoms with Crippen LogP contribution >= 0.6 is 0 Å². The third-order valence-electron chi connectivity index (χ3n) is 3.43. The molecule has 0 amide bonds. The van der Waals surface area contributed by atoms with E-state index < -0.39 is 0 Å². The second kappa shape index (κ2) is 5.59. The summed E-state index contributed by atoms with van der Waals surface area (Å²) in [5.41, 5.74) is 2.20. The molecule has 1 aliphatic heterocycles. The molecule has 1 aliphatic rings. The van der Waals surface area contributed by atoms with E-state index in [1.54, 1.807) is 0 Å². The van der Waals surface area contributed by atoms with E-state index in [1.165, 1.54) is 5.56 Å². The van der Waals surface area contributed by atoms with Crippen molar-refractivity contribution in [2.24, 2.45) is 0 Å². The molecule has 0 aliphatic carbocycles. The highest BCUT2D eigenvalue weighted by molar-refractivity contribution is 5.42. The number of ether oxygens (including phenoxy) is 1. The molecule has 20 heavy (non-hydrogen) atoms. The largest absolute Gasteiger partial charge is 0.492 e.